The molecular formula is C15H16ClN3O2. The molecule has 1 heterocycles. The van der Waals surface area contributed by atoms with Gasteiger partial charge in [0.25, 0.3) is 5.91 Å². The van der Waals surface area contributed by atoms with Gasteiger partial charge in [0.05, 0.1) is 12.1 Å². The number of benzene rings is 1. The Morgan fingerprint density at radius 3 is 2.57 bits per heavy atom. The third-order valence-electron chi connectivity index (χ3n) is 2.85. The van der Waals surface area contributed by atoms with Gasteiger partial charge in [0.15, 0.2) is 0 Å². The van der Waals surface area contributed by atoms with Gasteiger partial charge in [0, 0.05) is 17.6 Å². The lowest BCUT2D eigenvalue weighted by atomic mass is 10.1. The van der Waals surface area contributed by atoms with E-state index in [4.69, 9.17) is 11.6 Å². The monoisotopic (exact) mass is 305 g/mol. The molecule has 2 aromatic rings. The Balaban J connectivity index is 2.17. The summed E-state index contributed by atoms with van der Waals surface area (Å²) in [5, 5.41) is 7.05. The smallest absolute Gasteiger partial charge is 0.253 e. The predicted molar refractivity (Wildman–Crippen MR) is 82.4 cm³/mol. The standard InChI is InChI=1S/C15H16ClN3O2/c1-9(2)19-13(20)8-18-15(21)12-7-17-14(16)11-6-4-3-5-10(11)12/h3-7,9H,8H2,1-2H3,(H,18,21)(H,19,20). The van der Waals surface area contributed by atoms with Crippen LogP contribution in [0.25, 0.3) is 10.8 Å². The van der Waals surface area contributed by atoms with Gasteiger partial charge in [-0.2, -0.15) is 0 Å². The first-order valence-electron chi connectivity index (χ1n) is 6.60. The molecule has 0 unspecified atom stereocenters. The van der Waals surface area contributed by atoms with E-state index in [0.29, 0.717) is 21.5 Å². The molecule has 0 fully saturated rings. The Bertz CT molecular complexity index is 686. The summed E-state index contributed by atoms with van der Waals surface area (Å²) in [6, 6.07) is 7.28. The number of amides is 2. The largest absolute Gasteiger partial charge is 0.352 e. The third kappa shape index (κ3) is 3.70. The number of nitrogens with zero attached hydrogens (tertiary/aromatic N) is 1. The molecule has 0 aliphatic heterocycles. The SMILES string of the molecule is CC(C)NC(=O)CNC(=O)c1cnc(Cl)c2ccccc12. The Morgan fingerprint density at radius 2 is 1.90 bits per heavy atom. The molecule has 21 heavy (non-hydrogen) atoms. The van der Waals surface area contributed by atoms with E-state index in [9.17, 15) is 9.59 Å². The third-order valence-corrected chi connectivity index (χ3v) is 3.15. The highest BCUT2D eigenvalue weighted by Crippen LogP contribution is 2.23. The van der Waals surface area contributed by atoms with Crippen LogP contribution < -0.4 is 10.6 Å². The quantitative estimate of drug-likeness (QED) is 0.850. The Labute approximate surface area is 127 Å². The van der Waals surface area contributed by atoms with Gasteiger partial charge in [-0.3, -0.25) is 9.59 Å². The number of aromatic nitrogens is 1. The van der Waals surface area contributed by atoms with Crippen LogP contribution in [0.5, 0.6) is 0 Å². The van der Waals surface area contributed by atoms with Crippen LogP contribution in [-0.4, -0.2) is 29.4 Å². The van der Waals surface area contributed by atoms with E-state index in [1.807, 2.05) is 26.0 Å². The van der Waals surface area contributed by atoms with E-state index in [1.165, 1.54) is 6.20 Å². The summed E-state index contributed by atoms with van der Waals surface area (Å²) in [5.41, 5.74) is 0.396. The summed E-state index contributed by atoms with van der Waals surface area (Å²) < 4.78 is 0. The number of fused-ring (bicyclic) bond motifs is 1. The van der Waals surface area contributed by atoms with Crippen molar-refractivity contribution >= 4 is 34.2 Å². The lowest BCUT2D eigenvalue weighted by Crippen LogP contribution is -2.39. The fourth-order valence-corrected chi connectivity index (χ4v) is 2.18. The summed E-state index contributed by atoms with van der Waals surface area (Å²) in [4.78, 5) is 27.7. The molecule has 0 aliphatic rings. The molecule has 2 amide bonds. The van der Waals surface area contributed by atoms with Gasteiger partial charge < -0.3 is 10.6 Å². The highest BCUT2D eigenvalue weighted by Gasteiger charge is 2.13. The van der Waals surface area contributed by atoms with Crippen LogP contribution in [0.1, 0.15) is 24.2 Å². The van der Waals surface area contributed by atoms with Crippen molar-refractivity contribution in [3.8, 4) is 0 Å². The summed E-state index contributed by atoms with van der Waals surface area (Å²) in [6.45, 7) is 3.64. The first-order chi connectivity index (χ1) is 9.99. The van der Waals surface area contributed by atoms with E-state index in [-0.39, 0.29) is 24.4 Å². The van der Waals surface area contributed by atoms with Crippen molar-refractivity contribution < 1.29 is 9.59 Å². The van der Waals surface area contributed by atoms with Crippen molar-refractivity contribution in [2.45, 2.75) is 19.9 Å². The molecule has 0 radical (unpaired) electrons. The molecule has 2 N–H and O–H groups in total. The van der Waals surface area contributed by atoms with Crippen molar-refractivity contribution in [2.75, 3.05) is 6.54 Å². The maximum Gasteiger partial charge on any atom is 0.253 e. The van der Waals surface area contributed by atoms with Crippen LogP contribution in [-0.2, 0) is 4.79 Å². The van der Waals surface area contributed by atoms with E-state index in [2.05, 4.69) is 15.6 Å². The van der Waals surface area contributed by atoms with Crippen molar-refractivity contribution in [2.24, 2.45) is 0 Å². The molecule has 110 valence electrons. The summed E-state index contributed by atoms with van der Waals surface area (Å²) in [7, 11) is 0. The number of hydrogen-bond donors (Lipinski definition) is 2. The first-order valence-corrected chi connectivity index (χ1v) is 6.97. The first kappa shape index (κ1) is 15.3. The minimum atomic E-state index is -0.353. The second kappa shape index (κ2) is 6.54. The van der Waals surface area contributed by atoms with Gasteiger partial charge in [-0.05, 0) is 19.2 Å². The van der Waals surface area contributed by atoms with Crippen LogP contribution in [0.3, 0.4) is 0 Å². The second-order valence-corrected chi connectivity index (χ2v) is 5.27. The van der Waals surface area contributed by atoms with E-state index >= 15 is 0 Å². The molecule has 0 aliphatic carbocycles. The minimum Gasteiger partial charge on any atom is -0.352 e. The maximum absolute atomic E-state index is 12.2. The van der Waals surface area contributed by atoms with E-state index < -0.39 is 0 Å². The molecule has 0 bridgehead atoms. The number of carbonyl (C=O) groups excluding carboxylic acids is 2. The van der Waals surface area contributed by atoms with Gasteiger partial charge in [-0.15, -0.1) is 0 Å². The van der Waals surface area contributed by atoms with Gasteiger partial charge in [0.2, 0.25) is 5.91 Å². The summed E-state index contributed by atoms with van der Waals surface area (Å²) in [5.74, 6) is -0.584. The van der Waals surface area contributed by atoms with Crippen LogP contribution in [0, 0.1) is 0 Å². The van der Waals surface area contributed by atoms with E-state index in [1.54, 1.807) is 12.1 Å². The van der Waals surface area contributed by atoms with Crippen molar-refractivity contribution in [3.05, 3.63) is 41.2 Å². The molecule has 0 spiro atoms. The zero-order valence-corrected chi connectivity index (χ0v) is 12.6. The normalized spacial score (nSPS) is 10.7. The topological polar surface area (TPSA) is 71.1 Å². The molecule has 1 aromatic carbocycles. The zero-order valence-electron chi connectivity index (χ0n) is 11.8. The summed E-state index contributed by atoms with van der Waals surface area (Å²) in [6.07, 6.45) is 1.42. The van der Waals surface area contributed by atoms with Crippen LogP contribution in [0.4, 0.5) is 0 Å². The van der Waals surface area contributed by atoms with E-state index in [0.717, 1.165) is 0 Å². The molecule has 5 nitrogen and oxygen atoms in total. The Morgan fingerprint density at radius 1 is 1.24 bits per heavy atom. The van der Waals surface area contributed by atoms with Gasteiger partial charge in [-0.25, -0.2) is 4.98 Å². The lowest BCUT2D eigenvalue weighted by Gasteiger charge is -2.10. The minimum absolute atomic E-state index is 0.0347. The van der Waals surface area contributed by atoms with Crippen molar-refractivity contribution in [1.82, 2.24) is 15.6 Å². The molecular weight excluding hydrogens is 290 g/mol. The van der Waals surface area contributed by atoms with Gasteiger partial charge >= 0.3 is 0 Å². The van der Waals surface area contributed by atoms with Crippen molar-refractivity contribution in [3.63, 3.8) is 0 Å². The number of rotatable bonds is 4. The molecule has 0 saturated heterocycles. The Kier molecular flexibility index (Phi) is 4.75. The molecule has 0 saturated carbocycles. The van der Waals surface area contributed by atoms with Crippen LogP contribution in [0.2, 0.25) is 5.15 Å². The molecule has 6 heteroatoms. The van der Waals surface area contributed by atoms with Gasteiger partial charge in [-0.1, -0.05) is 35.9 Å². The predicted octanol–water partition coefficient (Wildman–Crippen LogP) is 2.14. The summed E-state index contributed by atoms with van der Waals surface area (Å²) >= 11 is 6.01. The second-order valence-electron chi connectivity index (χ2n) is 4.91. The Hall–Kier alpha value is -2.14. The van der Waals surface area contributed by atoms with Crippen LogP contribution >= 0.6 is 11.6 Å². The number of pyridine rings is 1. The number of nitrogens with one attached hydrogen (secondary N) is 2. The highest BCUT2D eigenvalue weighted by atomic mass is 35.5. The average molecular weight is 306 g/mol. The molecule has 2 rings (SSSR count). The maximum atomic E-state index is 12.2. The number of hydrogen-bond acceptors (Lipinski definition) is 3. The fourth-order valence-electron chi connectivity index (χ4n) is 1.97. The highest BCUT2D eigenvalue weighted by molar-refractivity contribution is 6.34. The van der Waals surface area contributed by atoms with Crippen molar-refractivity contribution in [1.29, 1.82) is 0 Å². The average Bonchev–Trinajstić information content (AvgIpc) is 2.45. The number of carbonyl (C=O) groups is 2. The molecule has 0 atom stereocenters. The fraction of sp³-hybridized carbons (Fsp3) is 0.267. The van der Waals surface area contributed by atoms with Crippen LogP contribution in [0.15, 0.2) is 30.5 Å². The zero-order chi connectivity index (χ0) is 15.4. The lowest BCUT2D eigenvalue weighted by molar-refractivity contribution is -0.120. The van der Waals surface area contributed by atoms with Gasteiger partial charge in [0.1, 0.15) is 5.15 Å². The number of halogens is 1. The molecule has 1 aromatic heterocycles.